The fraction of sp³-hybridized carbons (Fsp3) is 0.529. The number of halogens is 5. The second-order valence-corrected chi connectivity index (χ2v) is 6.24. The number of alkyl halides is 3. The van der Waals surface area contributed by atoms with Gasteiger partial charge < -0.3 is 20.3 Å². The zero-order valence-electron chi connectivity index (χ0n) is 15.3. The lowest BCUT2D eigenvalue weighted by Gasteiger charge is -2.39. The molecule has 2 atom stereocenters. The fourth-order valence-electron chi connectivity index (χ4n) is 3.15. The number of likely N-dealkylation sites (tertiary alicyclic amines) is 1. The number of likely N-dealkylation sites (N-methyl/N-ethyl adjacent to an activating group) is 1. The standard InChI is InChI=1S/C17H21F4N3O3.ClH/c1-22-8-15(25)24-6-5-11(10-3-4-14(27-2)12(18)7-10)13(9-24)23-16(26)17(19,20)21;/h3-4,7,11,13,22H,5-6,8-9H2,1-2H3,(H,23,26);1H. The summed E-state index contributed by atoms with van der Waals surface area (Å²) in [6.07, 6.45) is -4.77. The Balaban J connectivity index is 0.00000392. The number of rotatable bonds is 5. The summed E-state index contributed by atoms with van der Waals surface area (Å²) < 4.78 is 57.0. The van der Waals surface area contributed by atoms with Crippen molar-refractivity contribution in [3.63, 3.8) is 0 Å². The highest BCUT2D eigenvalue weighted by atomic mass is 35.5. The number of nitrogens with zero attached hydrogens (tertiary/aromatic N) is 1. The summed E-state index contributed by atoms with van der Waals surface area (Å²) in [6.45, 7) is 0.222. The SMILES string of the molecule is CNCC(=O)N1CCC(c2ccc(OC)c(F)c2)C(NC(=O)C(F)(F)F)C1.Cl. The molecule has 1 aromatic rings. The third kappa shape index (κ3) is 5.71. The number of nitrogens with one attached hydrogen (secondary N) is 2. The Hall–Kier alpha value is -2.07. The summed E-state index contributed by atoms with van der Waals surface area (Å²) >= 11 is 0. The van der Waals surface area contributed by atoms with E-state index >= 15 is 0 Å². The molecule has 0 radical (unpaired) electrons. The maximum Gasteiger partial charge on any atom is 0.471 e. The van der Waals surface area contributed by atoms with Crippen LogP contribution in [0.3, 0.4) is 0 Å². The first kappa shape index (κ1) is 24.0. The van der Waals surface area contributed by atoms with E-state index in [0.717, 1.165) is 0 Å². The molecule has 0 aliphatic carbocycles. The van der Waals surface area contributed by atoms with E-state index in [4.69, 9.17) is 4.74 Å². The highest BCUT2D eigenvalue weighted by molar-refractivity contribution is 5.85. The number of carbonyl (C=O) groups excluding carboxylic acids is 2. The molecule has 1 aromatic carbocycles. The molecular weight excluding hydrogens is 406 g/mol. The van der Waals surface area contributed by atoms with Crippen LogP contribution in [-0.4, -0.2) is 62.7 Å². The monoisotopic (exact) mass is 427 g/mol. The molecule has 2 N–H and O–H groups in total. The molecule has 28 heavy (non-hydrogen) atoms. The number of ether oxygens (including phenoxy) is 1. The number of piperidine rings is 1. The van der Waals surface area contributed by atoms with Crippen LogP contribution in [-0.2, 0) is 9.59 Å². The Morgan fingerprint density at radius 2 is 2.00 bits per heavy atom. The van der Waals surface area contributed by atoms with Crippen LogP contribution in [0.25, 0.3) is 0 Å². The lowest BCUT2D eigenvalue weighted by atomic mass is 9.85. The van der Waals surface area contributed by atoms with E-state index in [-0.39, 0.29) is 50.1 Å². The summed E-state index contributed by atoms with van der Waals surface area (Å²) in [4.78, 5) is 24.9. The van der Waals surface area contributed by atoms with E-state index in [1.54, 1.807) is 13.1 Å². The number of hydrogen-bond acceptors (Lipinski definition) is 4. The summed E-state index contributed by atoms with van der Waals surface area (Å²) in [6, 6.07) is 3.11. The third-order valence-corrected chi connectivity index (χ3v) is 4.47. The average Bonchev–Trinajstić information content (AvgIpc) is 2.61. The molecule has 1 saturated heterocycles. The van der Waals surface area contributed by atoms with Gasteiger partial charge in [-0.2, -0.15) is 13.2 Å². The molecule has 11 heteroatoms. The highest BCUT2D eigenvalue weighted by Gasteiger charge is 2.42. The topological polar surface area (TPSA) is 70.7 Å². The van der Waals surface area contributed by atoms with Gasteiger partial charge in [-0.1, -0.05) is 6.07 Å². The number of carbonyl (C=O) groups is 2. The summed E-state index contributed by atoms with van der Waals surface area (Å²) in [5, 5.41) is 4.64. The molecule has 0 aromatic heterocycles. The quantitative estimate of drug-likeness (QED) is 0.703. The van der Waals surface area contributed by atoms with Crippen LogP contribution in [0.2, 0.25) is 0 Å². The van der Waals surface area contributed by atoms with Gasteiger partial charge in [-0.3, -0.25) is 9.59 Å². The van der Waals surface area contributed by atoms with Gasteiger partial charge in [-0.15, -0.1) is 12.4 Å². The molecule has 1 heterocycles. The van der Waals surface area contributed by atoms with E-state index in [1.807, 2.05) is 5.32 Å². The zero-order chi connectivity index (χ0) is 20.2. The Morgan fingerprint density at radius 3 is 2.54 bits per heavy atom. The van der Waals surface area contributed by atoms with E-state index in [2.05, 4.69) is 5.32 Å². The molecular formula is C17H22ClF4N3O3. The molecule has 0 bridgehead atoms. The maximum atomic E-state index is 14.0. The first-order valence-electron chi connectivity index (χ1n) is 8.30. The Kier molecular flexibility index (Phi) is 8.49. The van der Waals surface area contributed by atoms with Gasteiger partial charge in [-0.05, 0) is 31.2 Å². The lowest BCUT2D eigenvalue weighted by Crippen LogP contribution is -2.56. The Labute approximate surface area is 166 Å². The van der Waals surface area contributed by atoms with E-state index in [0.29, 0.717) is 5.56 Å². The molecule has 1 fully saturated rings. The van der Waals surface area contributed by atoms with Crippen LogP contribution in [0.15, 0.2) is 18.2 Å². The van der Waals surface area contributed by atoms with Crippen molar-refractivity contribution < 1.29 is 31.9 Å². The summed E-state index contributed by atoms with van der Waals surface area (Å²) in [7, 11) is 2.88. The first-order valence-corrected chi connectivity index (χ1v) is 8.30. The van der Waals surface area contributed by atoms with Gasteiger partial charge in [-0.25, -0.2) is 4.39 Å². The minimum atomic E-state index is -5.05. The van der Waals surface area contributed by atoms with Crippen molar-refractivity contribution in [1.82, 2.24) is 15.5 Å². The van der Waals surface area contributed by atoms with E-state index < -0.39 is 29.9 Å². The van der Waals surface area contributed by atoms with Crippen LogP contribution >= 0.6 is 12.4 Å². The average molecular weight is 428 g/mol. The minimum Gasteiger partial charge on any atom is -0.494 e. The van der Waals surface area contributed by atoms with Crippen LogP contribution in [0.4, 0.5) is 17.6 Å². The van der Waals surface area contributed by atoms with Gasteiger partial charge in [0.05, 0.1) is 19.7 Å². The highest BCUT2D eigenvalue weighted by Crippen LogP contribution is 2.32. The predicted octanol–water partition coefficient (Wildman–Crippen LogP) is 1.84. The number of hydrogen-bond donors (Lipinski definition) is 2. The van der Waals surface area contributed by atoms with Crippen LogP contribution in [0.1, 0.15) is 17.9 Å². The van der Waals surface area contributed by atoms with Gasteiger partial charge in [0.1, 0.15) is 0 Å². The van der Waals surface area contributed by atoms with Gasteiger partial charge >= 0.3 is 12.1 Å². The Morgan fingerprint density at radius 1 is 1.32 bits per heavy atom. The predicted molar refractivity (Wildman–Crippen MR) is 96.1 cm³/mol. The smallest absolute Gasteiger partial charge is 0.471 e. The lowest BCUT2D eigenvalue weighted by molar-refractivity contribution is -0.175. The van der Waals surface area contributed by atoms with Crippen LogP contribution in [0.5, 0.6) is 5.75 Å². The molecule has 158 valence electrons. The van der Waals surface area contributed by atoms with Crippen molar-refractivity contribution in [3.8, 4) is 5.75 Å². The second-order valence-electron chi connectivity index (χ2n) is 6.24. The maximum absolute atomic E-state index is 14.0. The molecule has 2 rings (SSSR count). The molecule has 1 aliphatic rings. The van der Waals surface area contributed by atoms with E-state index in [9.17, 15) is 27.2 Å². The molecule has 6 nitrogen and oxygen atoms in total. The zero-order valence-corrected chi connectivity index (χ0v) is 16.1. The number of methoxy groups -OCH3 is 1. The summed E-state index contributed by atoms with van der Waals surface area (Å²) in [5.41, 5.74) is 0.432. The second kappa shape index (κ2) is 9.92. The van der Waals surface area contributed by atoms with Gasteiger partial charge in [0.2, 0.25) is 5.91 Å². The molecule has 0 spiro atoms. The van der Waals surface area contributed by atoms with Crippen molar-refractivity contribution in [2.45, 2.75) is 24.6 Å². The van der Waals surface area contributed by atoms with Gasteiger partial charge in [0.25, 0.3) is 0 Å². The summed E-state index contributed by atoms with van der Waals surface area (Å²) in [5.74, 6) is -3.59. The molecule has 2 amide bonds. The molecule has 1 aliphatic heterocycles. The number of benzene rings is 1. The Bertz CT molecular complexity index is 703. The van der Waals surface area contributed by atoms with E-state index in [1.165, 1.54) is 24.1 Å². The normalized spacial score (nSPS) is 19.6. The first-order chi connectivity index (χ1) is 12.7. The van der Waals surface area contributed by atoms with Crippen molar-refractivity contribution in [1.29, 1.82) is 0 Å². The van der Waals surface area contributed by atoms with Gasteiger partial charge in [0, 0.05) is 19.0 Å². The van der Waals surface area contributed by atoms with Gasteiger partial charge in [0.15, 0.2) is 11.6 Å². The largest absolute Gasteiger partial charge is 0.494 e. The van der Waals surface area contributed by atoms with Crippen molar-refractivity contribution >= 4 is 24.2 Å². The van der Waals surface area contributed by atoms with Crippen molar-refractivity contribution in [3.05, 3.63) is 29.6 Å². The van der Waals surface area contributed by atoms with Crippen LogP contribution in [0, 0.1) is 5.82 Å². The fourth-order valence-corrected chi connectivity index (χ4v) is 3.15. The number of amides is 2. The van der Waals surface area contributed by atoms with Crippen molar-refractivity contribution in [2.75, 3.05) is 33.8 Å². The molecule has 0 saturated carbocycles. The van der Waals surface area contributed by atoms with Crippen LogP contribution < -0.4 is 15.4 Å². The third-order valence-electron chi connectivity index (χ3n) is 4.47. The minimum absolute atomic E-state index is 0. The van der Waals surface area contributed by atoms with Crippen molar-refractivity contribution in [2.24, 2.45) is 0 Å². The molecule has 2 unspecified atom stereocenters.